The molecule has 0 bridgehead atoms. The van der Waals surface area contributed by atoms with Gasteiger partial charge in [-0.25, -0.2) is 0 Å². The van der Waals surface area contributed by atoms with Gasteiger partial charge in [0.15, 0.2) is 0 Å². The number of piperazine rings is 1. The molecule has 1 saturated carbocycles. The third kappa shape index (κ3) is 3.41. The van der Waals surface area contributed by atoms with E-state index in [2.05, 4.69) is 10.1 Å². The summed E-state index contributed by atoms with van der Waals surface area (Å²) in [4.78, 5) is 25.2. The first-order valence-electron chi connectivity index (χ1n) is 6.47. The molecule has 1 heterocycles. The molecule has 114 valence electrons. The number of hydrogen-bond acceptors (Lipinski definition) is 3. The molecule has 1 atom stereocenters. The summed E-state index contributed by atoms with van der Waals surface area (Å²) in [7, 11) is 0. The first kappa shape index (κ1) is 15.1. The summed E-state index contributed by atoms with van der Waals surface area (Å²) in [6, 6.07) is 0. The molecular weight excluding hydrogens is 277 g/mol. The Morgan fingerprint density at radius 3 is 2.60 bits per heavy atom. The second-order valence-electron chi connectivity index (χ2n) is 5.42. The average molecular weight is 294 g/mol. The molecule has 2 rings (SSSR count). The van der Waals surface area contributed by atoms with Gasteiger partial charge in [0.1, 0.15) is 12.1 Å². The number of halogens is 3. The van der Waals surface area contributed by atoms with E-state index in [9.17, 15) is 22.8 Å². The number of ether oxygens (including phenoxy) is 1. The highest BCUT2D eigenvalue weighted by molar-refractivity contribution is 5.98. The molecule has 0 radical (unpaired) electrons. The number of rotatable bonds is 5. The lowest BCUT2D eigenvalue weighted by atomic mass is 9.91. The maximum atomic E-state index is 12.3. The third-order valence-corrected chi connectivity index (χ3v) is 3.63. The lowest BCUT2D eigenvalue weighted by Gasteiger charge is -2.40. The number of nitrogens with one attached hydrogen (secondary N) is 1. The predicted molar refractivity (Wildman–Crippen MR) is 62.7 cm³/mol. The van der Waals surface area contributed by atoms with Crippen LogP contribution in [0.4, 0.5) is 13.2 Å². The van der Waals surface area contributed by atoms with Crippen molar-refractivity contribution in [1.82, 2.24) is 10.2 Å². The van der Waals surface area contributed by atoms with Gasteiger partial charge in [0, 0.05) is 6.54 Å². The smallest absolute Gasteiger partial charge is 0.370 e. The molecule has 2 aliphatic rings. The Morgan fingerprint density at radius 2 is 2.05 bits per heavy atom. The number of hydrogen-bond donors (Lipinski definition) is 1. The van der Waals surface area contributed by atoms with Crippen molar-refractivity contribution in [2.75, 3.05) is 26.3 Å². The normalized spacial score (nSPS) is 27.7. The minimum Gasteiger partial charge on any atom is -0.370 e. The van der Waals surface area contributed by atoms with Gasteiger partial charge in [-0.2, -0.15) is 13.2 Å². The summed E-state index contributed by atoms with van der Waals surface area (Å²) in [5.41, 5.74) is -0.917. The van der Waals surface area contributed by atoms with Crippen LogP contribution in [0.2, 0.25) is 0 Å². The van der Waals surface area contributed by atoms with Crippen LogP contribution in [0.1, 0.15) is 19.8 Å². The van der Waals surface area contributed by atoms with Gasteiger partial charge < -0.3 is 15.0 Å². The quantitative estimate of drug-likeness (QED) is 0.759. The van der Waals surface area contributed by atoms with Crippen molar-refractivity contribution in [1.29, 1.82) is 0 Å². The van der Waals surface area contributed by atoms with Crippen LogP contribution in [0.15, 0.2) is 0 Å². The van der Waals surface area contributed by atoms with Gasteiger partial charge in [-0.3, -0.25) is 9.59 Å². The molecule has 1 saturated heterocycles. The zero-order valence-corrected chi connectivity index (χ0v) is 11.1. The van der Waals surface area contributed by atoms with Gasteiger partial charge in [-0.15, -0.1) is 0 Å². The fraction of sp³-hybridized carbons (Fsp3) is 0.833. The third-order valence-electron chi connectivity index (χ3n) is 3.63. The molecule has 20 heavy (non-hydrogen) atoms. The second kappa shape index (κ2) is 5.23. The summed E-state index contributed by atoms with van der Waals surface area (Å²) in [5.74, 6) is -0.400. The monoisotopic (exact) mass is 294 g/mol. The summed E-state index contributed by atoms with van der Waals surface area (Å²) in [5, 5.41) is 2.70. The molecule has 1 N–H and O–H groups in total. The van der Waals surface area contributed by atoms with Crippen LogP contribution in [-0.2, 0) is 14.3 Å². The molecule has 5 nitrogen and oxygen atoms in total. The Labute approximate surface area is 114 Å². The molecule has 0 spiro atoms. The van der Waals surface area contributed by atoms with Crippen molar-refractivity contribution in [3.05, 3.63) is 0 Å². The van der Waals surface area contributed by atoms with Gasteiger partial charge in [-0.1, -0.05) is 0 Å². The van der Waals surface area contributed by atoms with Gasteiger partial charge in [0.25, 0.3) is 0 Å². The van der Waals surface area contributed by atoms with E-state index in [0.717, 1.165) is 12.8 Å². The Hall–Kier alpha value is -1.31. The topological polar surface area (TPSA) is 58.6 Å². The van der Waals surface area contributed by atoms with Crippen LogP contribution in [-0.4, -0.2) is 54.7 Å². The van der Waals surface area contributed by atoms with Crippen LogP contribution < -0.4 is 5.32 Å². The Bertz CT molecular complexity index is 409. The summed E-state index contributed by atoms with van der Waals surface area (Å²) in [6.45, 7) is -0.0464. The highest BCUT2D eigenvalue weighted by Gasteiger charge is 2.52. The zero-order chi connectivity index (χ0) is 15.0. The molecule has 0 aromatic carbocycles. The Balaban J connectivity index is 1.87. The molecule has 2 amide bonds. The Kier molecular flexibility index (Phi) is 3.95. The molecule has 1 unspecified atom stereocenters. The van der Waals surface area contributed by atoms with Crippen LogP contribution in [0, 0.1) is 5.92 Å². The van der Waals surface area contributed by atoms with Gasteiger partial charge in [-0.05, 0) is 25.7 Å². The largest absolute Gasteiger partial charge is 0.411 e. The standard InChI is InChI=1S/C12H17F3N2O3/c1-11(8-2-3-8)10(19)17(6-9(18)16-11)4-5-20-7-12(13,14)15/h8H,2-7H2,1H3,(H,16,18). The SMILES string of the molecule is CC1(C2CC2)NC(=O)CN(CCOCC(F)(F)F)C1=O. The highest BCUT2D eigenvalue weighted by atomic mass is 19.4. The van der Waals surface area contributed by atoms with Gasteiger partial charge >= 0.3 is 6.18 Å². The van der Waals surface area contributed by atoms with Crippen LogP contribution in [0.25, 0.3) is 0 Å². The number of carbonyl (C=O) groups excluding carboxylic acids is 2. The maximum absolute atomic E-state index is 12.3. The lowest BCUT2D eigenvalue weighted by molar-refractivity contribution is -0.175. The molecule has 2 fully saturated rings. The molecule has 1 aliphatic carbocycles. The van der Waals surface area contributed by atoms with Crippen molar-refractivity contribution in [3.8, 4) is 0 Å². The first-order valence-corrected chi connectivity index (χ1v) is 6.47. The van der Waals surface area contributed by atoms with Crippen molar-refractivity contribution >= 4 is 11.8 Å². The molecular formula is C12H17F3N2O3. The van der Waals surface area contributed by atoms with Crippen molar-refractivity contribution in [3.63, 3.8) is 0 Å². The van der Waals surface area contributed by atoms with Crippen LogP contribution in [0.3, 0.4) is 0 Å². The van der Waals surface area contributed by atoms with E-state index >= 15 is 0 Å². The van der Waals surface area contributed by atoms with E-state index in [1.165, 1.54) is 4.90 Å². The number of amides is 2. The lowest BCUT2D eigenvalue weighted by Crippen LogP contribution is -2.66. The van der Waals surface area contributed by atoms with E-state index in [1.54, 1.807) is 6.92 Å². The summed E-state index contributed by atoms with van der Waals surface area (Å²) in [6.07, 6.45) is -2.63. The highest BCUT2D eigenvalue weighted by Crippen LogP contribution is 2.41. The van der Waals surface area contributed by atoms with E-state index in [1.807, 2.05) is 0 Å². The van der Waals surface area contributed by atoms with E-state index in [0.29, 0.717) is 0 Å². The minimum absolute atomic E-state index is 0.00928. The van der Waals surface area contributed by atoms with Crippen molar-refractivity contribution in [2.45, 2.75) is 31.5 Å². The first-order chi connectivity index (χ1) is 9.22. The molecule has 0 aromatic heterocycles. The van der Waals surface area contributed by atoms with Crippen molar-refractivity contribution in [2.24, 2.45) is 5.92 Å². The fourth-order valence-electron chi connectivity index (χ4n) is 2.44. The summed E-state index contributed by atoms with van der Waals surface area (Å²) >= 11 is 0. The Morgan fingerprint density at radius 1 is 1.40 bits per heavy atom. The average Bonchev–Trinajstić information content (AvgIpc) is 3.13. The van der Waals surface area contributed by atoms with E-state index < -0.39 is 18.3 Å². The number of alkyl halides is 3. The van der Waals surface area contributed by atoms with E-state index in [4.69, 9.17) is 0 Å². The number of carbonyl (C=O) groups is 2. The van der Waals surface area contributed by atoms with Gasteiger partial charge in [0.2, 0.25) is 11.8 Å². The number of nitrogens with zero attached hydrogens (tertiary/aromatic N) is 1. The van der Waals surface area contributed by atoms with Crippen LogP contribution >= 0.6 is 0 Å². The van der Waals surface area contributed by atoms with Gasteiger partial charge in [0.05, 0.1) is 13.2 Å². The second-order valence-corrected chi connectivity index (χ2v) is 5.42. The fourth-order valence-corrected chi connectivity index (χ4v) is 2.44. The van der Waals surface area contributed by atoms with E-state index in [-0.39, 0.29) is 37.4 Å². The summed E-state index contributed by atoms with van der Waals surface area (Å²) < 4.78 is 40.3. The predicted octanol–water partition coefficient (Wildman–Crippen LogP) is 0.692. The van der Waals surface area contributed by atoms with Crippen LogP contribution in [0.5, 0.6) is 0 Å². The minimum atomic E-state index is -4.38. The molecule has 1 aliphatic heterocycles. The maximum Gasteiger partial charge on any atom is 0.411 e. The molecule has 0 aromatic rings. The molecule has 8 heteroatoms. The van der Waals surface area contributed by atoms with Crippen molar-refractivity contribution < 1.29 is 27.5 Å². The zero-order valence-electron chi connectivity index (χ0n) is 11.1.